The molecule has 1 fully saturated rings. The van der Waals surface area contributed by atoms with Crippen molar-refractivity contribution in [2.24, 2.45) is 0 Å². The number of rotatable bonds is 21. The molecule has 3 rings (SSSR count). The zero-order valence-corrected chi connectivity index (χ0v) is 26.7. The smallest absolute Gasteiger partial charge is 0.323 e. The summed E-state index contributed by atoms with van der Waals surface area (Å²) in [4.78, 5) is 28.7. The Labute approximate surface area is 255 Å². The van der Waals surface area contributed by atoms with E-state index in [1.54, 1.807) is 0 Å². The number of benzene rings is 1. The van der Waals surface area contributed by atoms with Crippen LogP contribution in [0.5, 0.6) is 0 Å². The molecule has 0 aromatic heterocycles. The van der Waals surface area contributed by atoms with Gasteiger partial charge in [-0.1, -0.05) is 163 Å². The fraction of sp³-hybridized carbons (Fsp3) is 0.656. The normalized spacial score (nSPS) is 18.8. The Morgan fingerprint density at radius 1 is 0.850 bits per heavy atom. The Kier molecular flexibility index (Phi) is 15.5. The molecule has 8 heteroatoms. The molecule has 1 amide bonds. The number of thiocarbonyl (C=S) groups is 1. The minimum absolute atomic E-state index is 0.129. The zero-order chi connectivity index (χ0) is 28.6. The Hall–Kier alpha value is -1.51. The maximum absolute atomic E-state index is 12.7. The lowest BCUT2D eigenvalue weighted by molar-refractivity contribution is -0.141. The van der Waals surface area contributed by atoms with Gasteiger partial charge >= 0.3 is 5.97 Å². The Morgan fingerprint density at radius 2 is 1.40 bits per heavy atom. The van der Waals surface area contributed by atoms with Crippen molar-refractivity contribution in [1.82, 2.24) is 4.90 Å². The van der Waals surface area contributed by atoms with E-state index in [-0.39, 0.29) is 17.8 Å². The van der Waals surface area contributed by atoms with Crippen LogP contribution in [-0.4, -0.2) is 49.9 Å². The second-order valence-corrected chi connectivity index (χ2v) is 13.9. The molecule has 5 nitrogen and oxygen atoms in total. The van der Waals surface area contributed by atoms with Gasteiger partial charge in [-0.15, -0.1) is 0 Å². The molecule has 222 valence electrons. The SMILES string of the molecule is CCCCCCCCCCCCCCCCCCN1c2ccccc2SC1/C=C/C1SC(=S)N(CC(=O)O)C1=O. The van der Waals surface area contributed by atoms with Gasteiger partial charge in [0.25, 0.3) is 0 Å². The average molecular weight is 605 g/mol. The summed E-state index contributed by atoms with van der Waals surface area (Å²) in [6, 6.07) is 8.50. The van der Waals surface area contributed by atoms with Crippen LogP contribution in [0, 0.1) is 0 Å². The van der Waals surface area contributed by atoms with E-state index in [0.717, 1.165) is 13.0 Å². The third-order valence-corrected chi connectivity index (χ3v) is 10.5. The number of carbonyl (C=O) groups excluding carboxylic acids is 1. The average Bonchev–Trinajstić information content (AvgIpc) is 3.42. The Morgan fingerprint density at radius 3 is 1.98 bits per heavy atom. The molecule has 40 heavy (non-hydrogen) atoms. The fourth-order valence-corrected chi connectivity index (χ4v) is 8.01. The first kappa shape index (κ1) is 33.0. The first-order valence-corrected chi connectivity index (χ1v) is 17.6. The summed E-state index contributed by atoms with van der Waals surface area (Å²) in [5, 5.41) is 8.76. The molecule has 0 bridgehead atoms. The van der Waals surface area contributed by atoms with Crippen LogP contribution in [0.4, 0.5) is 5.69 Å². The standard InChI is InChI=1S/C32H48N2O3S3/c1-2-3-4-5-6-7-8-9-10-11-12-13-14-15-16-19-24-33-26-20-17-18-21-27(26)39-29(33)23-22-28-31(37)34(25-30(35)36)32(38)40-28/h17-18,20-23,28-29H,2-16,19,24-25H2,1H3,(H,35,36)/b23-22+. The highest BCUT2D eigenvalue weighted by Gasteiger charge is 2.37. The molecule has 2 unspecified atom stereocenters. The van der Waals surface area contributed by atoms with E-state index in [1.165, 1.54) is 124 Å². The minimum Gasteiger partial charge on any atom is -0.480 e. The van der Waals surface area contributed by atoms with Gasteiger partial charge in [-0.3, -0.25) is 14.5 Å². The van der Waals surface area contributed by atoms with E-state index < -0.39 is 11.2 Å². The second kappa shape index (κ2) is 18.8. The van der Waals surface area contributed by atoms with E-state index in [1.807, 2.05) is 17.8 Å². The van der Waals surface area contributed by atoms with Gasteiger partial charge in [-0.2, -0.15) is 0 Å². The number of hydrogen-bond acceptors (Lipinski definition) is 6. The highest BCUT2D eigenvalue weighted by Crippen LogP contribution is 2.44. The lowest BCUT2D eigenvalue weighted by atomic mass is 10.0. The van der Waals surface area contributed by atoms with Gasteiger partial charge in [-0.25, -0.2) is 0 Å². The number of carboxylic acids is 1. The zero-order valence-electron chi connectivity index (χ0n) is 24.2. The third-order valence-electron chi connectivity index (χ3n) is 7.68. The molecule has 2 atom stereocenters. The van der Waals surface area contributed by atoms with Gasteiger partial charge < -0.3 is 10.0 Å². The van der Waals surface area contributed by atoms with Crippen molar-refractivity contribution in [2.45, 2.75) is 125 Å². The second-order valence-electron chi connectivity index (χ2n) is 11.0. The molecule has 2 aliphatic heterocycles. The van der Waals surface area contributed by atoms with Crippen molar-refractivity contribution >= 4 is 57.6 Å². The van der Waals surface area contributed by atoms with E-state index >= 15 is 0 Å². The van der Waals surface area contributed by atoms with Crippen molar-refractivity contribution in [1.29, 1.82) is 0 Å². The molecule has 2 heterocycles. The van der Waals surface area contributed by atoms with Gasteiger partial charge in [0.15, 0.2) is 0 Å². The molecule has 0 radical (unpaired) electrons. The summed E-state index contributed by atoms with van der Waals surface area (Å²) in [7, 11) is 0. The molecule has 0 saturated carbocycles. The third kappa shape index (κ3) is 11.1. The number of aliphatic carboxylic acids is 1. The van der Waals surface area contributed by atoms with Crippen LogP contribution < -0.4 is 4.90 Å². The summed E-state index contributed by atoms with van der Waals surface area (Å²) in [5.41, 5.74) is 1.26. The lowest BCUT2D eigenvalue weighted by Crippen LogP contribution is -2.35. The van der Waals surface area contributed by atoms with Crippen molar-refractivity contribution in [3.05, 3.63) is 36.4 Å². The van der Waals surface area contributed by atoms with Crippen LogP contribution in [0.1, 0.15) is 110 Å². The molecule has 2 aliphatic rings. The molecule has 1 saturated heterocycles. The van der Waals surface area contributed by atoms with Crippen LogP contribution in [0.2, 0.25) is 0 Å². The van der Waals surface area contributed by atoms with E-state index in [0.29, 0.717) is 4.32 Å². The summed E-state index contributed by atoms with van der Waals surface area (Å²) in [5.74, 6) is -1.29. The largest absolute Gasteiger partial charge is 0.480 e. The fourth-order valence-electron chi connectivity index (χ4n) is 5.41. The highest BCUT2D eigenvalue weighted by molar-refractivity contribution is 8.24. The number of fused-ring (bicyclic) bond motifs is 1. The monoisotopic (exact) mass is 604 g/mol. The van der Waals surface area contributed by atoms with Crippen LogP contribution in [0.15, 0.2) is 41.3 Å². The molecule has 0 spiro atoms. The number of hydrogen-bond donors (Lipinski definition) is 1. The van der Waals surface area contributed by atoms with Crippen LogP contribution in [0.3, 0.4) is 0 Å². The topological polar surface area (TPSA) is 60.9 Å². The minimum atomic E-state index is -1.05. The Balaban J connectivity index is 1.31. The first-order chi connectivity index (χ1) is 19.5. The van der Waals surface area contributed by atoms with Crippen molar-refractivity contribution in [3.63, 3.8) is 0 Å². The summed E-state index contributed by atoms with van der Waals surface area (Å²) in [6.45, 7) is 2.90. The molecule has 1 aromatic rings. The van der Waals surface area contributed by atoms with Crippen molar-refractivity contribution in [2.75, 3.05) is 18.0 Å². The van der Waals surface area contributed by atoms with Gasteiger partial charge in [0.05, 0.1) is 11.1 Å². The number of unbranched alkanes of at least 4 members (excludes halogenated alkanes) is 15. The molecule has 1 N–H and O–H groups in total. The molecule has 1 aromatic carbocycles. The van der Waals surface area contributed by atoms with E-state index in [9.17, 15) is 9.59 Å². The van der Waals surface area contributed by atoms with E-state index in [4.69, 9.17) is 17.3 Å². The Bertz CT molecular complexity index is 970. The molecule has 0 aliphatic carbocycles. The number of anilines is 1. The van der Waals surface area contributed by atoms with Gasteiger partial charge in [0.1, 0.15) is 16.1 Å². The van der Waals surface area contributed by atoms with Gasteiger partial charge in [-0.05, 0) is 18.6 Å². The quantitative estimate of drug-likeness (QED) is 0.0853. The summed E-state index contributed by atoms with van der Waals surface area (Å²) < 4.78 is 0.342. The van der Waals surface area contributed by atoms with E-state index in [2.05, 4.69) is 42.2 Å². The van der Waals surface area contributed by atoms with Gasteiger partial charge in [0, 0.05) is 11.4 Å². The number of amides is 1. The predicted molar refractivity (Wildman–Crippen MR) is 175 cm³/mol. The summed E-state index contributed by atoms with van der Waals surface area (Å²) >= 11 is 8.32. The first-order valence-electron chi connectivity index (χ1n) is 15.5. The summed E-state index contributed by atoms with van der Waals surface area (Å²) in [6.07, 6.45) is 25.9. The van der Waals surface area contributed by atoms with Crippen molar-refractivity contribution < 1.29 is 14.7 Å². The number of carboxylic acid groups (broad SMARTS) is 1. The maximum Gasteiger partial charge on any atom is 0.323 e. The number of para-hydroxylation sites is 1. The van der Waals surface area contributed by atoms with Gasteiger partial charge in [0.2, 0.25) is 5.91 Å². The predicted octanol–water partition coefficient (Wildman–Crippen LogP) is 9.06. The van der Waals surface area contributed by atoms with Crippen LogP contribution in [0.25, 0.3) is 0 Å². The number of nitrogens with zero attached hydrogens (tertiary/aromatic N) is 2. The molecular formula is C32H48N2O3S3. The molecular weight excluding hydrogens is 557 g/mol. The number of carbonyl (C=O) groups is 2. The highest BCUT2D eigenvalue weighted by atomic mass is 32.2. The lowest BCUT2D eigenvalue weighted by Gasteiger charge is -2.24. The maximum atomic E-state index is 12.7. The number of thioether (sulfide) groups is 2. The van der Waals surface area contributed by atoms with Crippen molar-refractivity contribution in [3.8, 4) is 0 Å². The van der Waals surface area contributed by atoms with Crippen LogP contribution >= 0.6 is 35.7 Å². The van der Waals surface area contributed by atoms with Crippen LogP contribution in [-0.2, 0) is 9.59 Å².